The normalized spacial score (nSPS) is 73.2. The van der Waals surface area contributed by atoms with Gasteiger partial charge in [-0.15, -0.1) is 0 Å². The summed E-state index contributed by atoms with van der Waals surface area (Å²) >= 11 is 4.05. The third-order valence-electron chi connectivity index (χ3n) is 6.96. The van der Waals surface area contributed by atoms with E-state index in [0.717, 1.165) is 43.3 Å². The van der Waals surface area contributed by atoms with E-state index in [0.29, 0.717) is 17.3 Å². The fraction of sp³-hybridized carbons (Fsp3) is 0.923. The predicted molar refractivity (Wildman–Crippen MR) is 59.9 cm³/mol. The largest absolute Gasteiger partial charge is 0.346 e. The smallest absolute Gasteiger partial charge is 0.187 e. The van der Waals surface area contributed by atoms with Crippen LogP contribution in [0.25, 0.3) is 0 Å². The van der Waals surface area contributed by atoms with Gasteiger partial charge in [0.1, 0.15) is 0 Å². The predicted octanol–water partition coefficient (Wildman–Crippen LogP) is 1.53. The van der Waals surface area contributed by atoms with Crippen molar-refractivity contribution in [3.8, 4) is 6.07 Å². The molecule has 4 heteroatoms. The van der Waals surface area contributed by atoms with E-state index in [1.54, 1.807) is 0 Å². The van der Waals surface area contributed by atoms with E-state index in [2.05, 4.69) is 22.0 Å². The molecule has 0 radical (unpaired) electrons. The lowest BCUT2D eigenvalue weighted by Crippen LogP contribution is -2.50. The third-order valence-corrected chi connectivity index (χ3v) is 8.53. The second-order valence-corrected chi connectivity index (χ2v) is 8.05. The number of nitriles is 1. The Balaban J connectivity index is 1.59. The highest BCUT2D eigenvalue weighted by Gasteiger charge is 3.08. The zero-order chi connectivity index (χ0) is 11.2. The van der Waals surface area contributed by atoms with Crippen molar-refractivity contribution in [1.29, 1.82) is 5.26 Å². The number of alkyl halides is 1. The lowest BCUT2D eigenvalue weighted by molar-refractivity contribution is -0.192. The molecule has 7 fully saturated rings. The summed E-state index contributed by atoms with van der Waals surface area (Å²) in [6.45, 7) is 1.50. The Labute approximate surface area is 108 Å². The van der Waals surface area contributed by atoms with Crippen LogP contribution in [-0.2, 0) is 9.47 Å². The average Bonchev–Trinajstić information content (AvgIpc) is 2.99. The highest BCUT2D eigenvalue weighted by molar-refractivity contribution is 9.10. The standard InChI is InChI=1S/C13H12BrNO2/c14-12-7-5-6(7)11(1-2-15)9(10(11)12)8(5)13(12)16-3-4-17-13/h5-10H,1,3-4H2/t5-,6-,7-,8+,9+,10+,11-,12-/m0/s1. The molecular weight excluding hydrogens is 282 g/mol. The van der Waals surface area contributed by atoms with Crippen molar-refractivity contribution in [2.24, 2.45) is 40.9 Å². The summed E-state index contributed by atoms with van der Waals surface area (Å²) in [6.07, 6.45) is 0.764. The van der Waals surface area contributed by atoms with Crippen molar-refractivity contribution in [3.63, 3.8) is 0 Å². The summed E-state index contributed by atoms with van der Waals surface area (Å²) in [5.41, 5.74) is 0.374. The van der Waals surface area contributed by atoms with Gasteiger partial charge in [-0.1, -0.05) is 15.9 Å². The molecule has 6 saturated carbocycles. The van der Waals surface area contributed by atoms with Gasteiger partial charge in [0, 0.05) is 12.3 Å². The Hall–Kier alpha value is -0.110. The van der Waals surface area contributed by atoms with Gasteiger partial charge in [-0.05, 0) is 35.0 Å². The van der Waals surface area contributed by atoms with Gasteiger partial charge in [-0.25, -0.2) is 0 Å². The SMILES string of the molecule is N#CC[C@@]12[C@@H]3[C@H]4[C@H]5[C@H]1[C@H]5[C@](Br)([C@H]32)C41OCCO1. The van der Waals surface area contributed by atoms with E-state index in [1.807, 2.05) is 0 Å². The first kappa shape index (κ1) is 8.90. The molecule has 88 valence electrons. The number of rotatable bonds is 1. The molecule has 17 heavy (non-hydrogen) atoms. The van der Waals surface area contributed by atoms with Gasteiger partial charge in [-0.2, -0.15) is 5.26 Å². The van der Waals surface area contributed by atoms with Crippen molar-refractivity contribution in [2.75, 3.05) is 13.2 Å². The van der Waals surface area contributed by atoms with Gasteiger partial charge < -0.3 is 9.47 Å². The first-order valence-corrected chi connectivity index (χ1v) is 7.38. The van der Waals surface area contributed by atoms with E-state index in [4.69, 9.17) is 14.7 Å². The van der Waals surface area contributed by atoms with E-state index in [1.165, 1.54) is 0 Å². The molecule has 1 aliphatic heterocycles. The van der Waals surface area contributed by atoms with Crippen LogP contribution >= 0.6 is 15.9 Å². The molecule has 7 aliphatic rings. The summed E-state index contributed by atoms with van der Waals surface area (Å²) < 4.78 is 12.2. The molecule has 0 aromatic rings. The monoisotopic (exact) mass is 293 g/mol. The molecule has 0 aromatic carbocycles. The molecule has 1 saturated heterocycles. The molecule has 0 amide bonds. The van der Waals surface area contributed by atoms with Crippen LogP contribution in [0.4, 0.5) is 0 Å². The van der Waals surface area contributed by atoms with Gasteiger partial charge in [0.2, 0.25) is 0 Å². The van der Waals surface area contributed by atoms with Crippen LogP contribution < -0.4 is 0 Å². The molecule has 0 aromatic heterocycles. The summed E-state index contributed by atoms with van der Waals surface area (Å²) in [5, 5.41) is 9.11. The maximum atomic E-state index is 9.11. The van der Waals surface area contributed by atoms with Crippen LogP contribution in [0.1, 0.15) is 6.42 Å². The van der Waals surface area contributed by atoms with Crippen molar-refractivity contribution in [2.45, 2.75) is 16.5 Å². The van der Waals surface area contributed by atoms with E-state index in [-0.39, 0.29) is 10.1 Å². The van der Waals surface area contributed by atoms with Crippen LogP contribution in [-0.4, -0.2) is 23.3 Å². The lowest BCUT2D eigenvalue weighted by Gasteiger charge is -2.37. The van der Waals surface area contributed by atoms with Gasteiger partial charge in [0.25, 0.3) is 0 Å². The summed E-state index contributed by atoms with van der Waals surface area (Å²) in [7, 11) is 0. The van der Waals surface area contributed by atoms with E-state index in [9.17, 15) is 0 Å². The zero-order valence-corrected chi connectivity index (χ0v) is 10.8. The van der Waals surface area contributed by atoms with Crippen LogP contribution in [0.3, 0.4) is 0 Å². The van der Waals surface area contributed by atoms with Crippen LogP contribution in [0.15, 0.2) is 0 Å². The van der Waals surface area contributed by atoms with Gasteiger partial charge in [-0.3, -0.25) is 0 Å². The summed E-state index contributed by atoms with van der Waals surface area (Å²) in [6, 6.07) is 2.44. The first-order chi connectivity index (χ1) is 8.25. The van der Waals surface area contributed by atoms with Gasteiger partial charge in [0.15, 0.2) is 5.79 Å². The molecule has 2 bridgehead atoms. The summed E-state index contributed by atoms with van der Waals surface area (Å²) in [4.78, 5) is 0. The molecule has 0 unspecified atom stereocenters. The Kier molecular flexibility index (Phi) is 1.05. The number of hydrogen-bond donors (Lipinski definition) is 0. The quantitative estimate of drug-likeness (QED) is 0.689. The Bertz CT molecular complexity index is 524. The van der Waals surface area contributed by atoms with Gasteiger partial charge >= 0.3 is 0 Å². The highest BCUT2D eigenvalue weighted by Crippen LogP contribution is 3.05. The zero-order valence-electron chi connectivity index (χ0n) is 9.23. The summed E-state index contributed by atoms with van der Waals surface area (Å²) in [5.74, 6) is 4.05. The fourth-order valence-corrected chi connectivity index (χ4v) is 8.89. The number of nitrogens with zero attached hydrogens (tertiary/aromatic N) is 1. The lowest BCUT2D eigenvalue weighted by atomic mass is 9.92. The number of hydrogen-bond acceptors (Lipinski definition) is 3. The molecule has 6 aliphatic carbocycles. The van der Waals surface area contributed by atoms with Crippen molar-refractivity contribution in [1.82, 2.24) is 0 Å². The maximum absolute atomic E-state index is 9.11. The molecule has 3 nitrogen and oxygen atoms in total. The average molecular weight is 294 g/mol. The number of ether oxygens (including phenoxy) is 2. The van der Waals surface area contributed by atoms with Crippen LogP contribution in [0.5, 0.6) is 0 Å². The molecule has 7 rings (SSSR count). The van der Waals surface area contributed by atoms with Crippen molar-refractivity contribution < 1.29 is 9.47 Å². The minimum Gasteiger partial charge on any atom is -0.346 e. The maximum Gasteiger partial charge on any atom is 0.187 e. The molecule has 0 N–H and O–H groups in total. The first-order valence-electron chi connectivity index (χ1n) is 6.59. The molecule has 1 heterocycles. The molecule has 1 spiro atoms. The third kappa shape index (κ3) is 0.505. The van der Waals surface area contributed by atoms with Crippen molar-refractivity contribution in [3.05, 3.63) is 0 Å². The Morgan fingerprint density at radius 1 is 1.18 bits per heavy atom. The van der Waals surface area contributed by atoms with Crippen LogP contribution in [0.2, 0.25) is 0 Å². The Morgan fingerprint density at radius 3 is 2.47 bits per heavy atom. The fourth-order valence-electron chi connectivity index (χ4n) is 7.09. The Morgan fingerprint density at radius 2 is 1.94 bits per heavy atom. The minimum absolute atomic E-state index is 0.0675. The van der Waals surface area contributed by atoms with Gasteiger partial charge in [0.05, 0.1) is 23.6 Å². The second kappa shape index (κ2) is 2.01. The van der Waals surface area contributed by atoms with E-state index < -0.39 is 0 Å². The highest BCUT2D eigenvalue weighted by atomic mass is 79.9. The van der Waals surface area contributed by atoms with Crippen LogP contribution in [0, 0.1) is 52.3 Å². The second-order valence-electron chi connectivity index (χ2n) is 6.74. The topological polar surface area (TPSA) is 42.2 Å². The van der Waals surface area contributed by atoms with Crippen molar-refractivity contribution >= 4 is 15.9 Å². The minimum atomic E-state index is -0.302. The number of halogens is 1. The van der Waals surface area contributed by atoms with E-state index >= 15 is 0 Å². The molecular formula is C13H12BrNO2. The molecule has 8 atom stereocenters.